The van der Waals surface area contributed by atoms with Gasteiger partial charge in [0.05, 0.1) is 7.11 Å². The maximum Gasteiger partial charge on any atom is 0.123 e. The van der Waals surface area contributed by atoms with Gasteiger partial charge in [-0.25, -0.2) is 0 Å². The highest BCUT2D eigenvalue weighted by atomic mass is 79.9. The van der Waals surface area contributed by atoms with Crippen LogP contribution >= 0.6 is 15.9 Å². The molecule has 0 aliphatic heterocycles. The molecule has 0 aromatic heterocycles. The molecule has 1 aromatic carbocycles. The van der Waals surface area contributed by atoms with Crippen LogP contribution in [0.15, 0.2) is 22.7 Å². The molecule has 0 bridgehead atoms. The van der Waals surface area contributed by atoms with E-state index in [1.807, 2.05) is 12.1 Å². The van der Waals surface area contributed by atoms with E-state index < -0.39 is 0 Å². The van der Waals surface area contributed by atoms with E-state index in [0.29, 0.717) is 0 Å². The number of hydrogen-bond donors (Lipinski definition) is 1. The van der Waals surface area contributed by atoms with Crippen LogP contribution in [0.3, 0.4) is 0 Å². The van der Waals surface area contributed by atoms with E-state index in [4.69, 9.17) is 10.5 Å². The predicted octanol–water partition coefficient (Wildman–Crippen LogP) is 2.84. The van der Waals surface area contributed by atoms with Crippen molar-refractivity contribution < 1.29 is 4.74 Å². The molecule has 2 N–H and O–H groups in total. The van der Waals surface area contributed by atoms with Gasteiger partial charge >= 0.3 is 0 Å². The number of nitrogens with two attached hydrogens (primary N) is 1. The summed E-state index contributed by atoms with van der Waals surface area (Å²) in [6, 6.07) is 6.11. The summed E-state index contributed by atoms with van der Waals surface area (Å²) < 4.78 is 6.57. The van der Waals surface area contributed by atoms with E-state index in [0.717, 1.165) is 23.2 Å². The molecule has 0 radical (unpaired) electrons. The first kappa shape index (κ1) is 11.0. The van der Waals surface area contributed by atoms with Gasteiger partial charge in [0, 0.05) is 15.5 Å². The van der Waals surface area contributed by atoms with Crippen molar-refractivity contribution >= 4 is 15.9 Å². The number of halogens is 1. The van der Waals surface area contributed by atoms with Gasteiger partial charge in [-0.15, -0.1) is 0 Å². The highest BCUT2D eigenvalue weighted by Crippen LogP contribution is 2.55. The zero-order chi connectivity index (χ0) is 10.9. The molecule has 0 atom stereocenters. The lowest BCUT2D eigenvalue weighted by molar-refractivity contribution is 0.401. The second kappa shape index (κ2) is 4.14. The van der Waals surface area contributed by atoms with E-state index in [9.17, 15) is 0 Å². The molecule has 1 aliphatic rings. The van der Waals surface area contributed by atoms with Gasteiger partial charge in [-0.05, 0) is 37.9 Å². The van der Waals surface area contributed by atoms with Gasteiger partial charge in [-0.3, -0.25) is 0 Å². The van der Waals surface area contributed by atoms with Crippen LogP contribution in [0.25, 0.3) is 0 Å². The lowest BCUT2D eigenvalue weighted by Gasteiger charge is -2.19. The average Bonchev–Trinajstić information content (AvgIpc) is 2.98. The Morgan fingerprint density at radius 1 is 1.47 bits per heavy atom. The lowest BCUT2D eigenvalue weighted by Crippen LogP contribution is -2.15. The van der Waals surface area contributed by atoms with E-state index in [2.05, 4.69) is 22.0 Å². The van der Waals surface area contributed by atoms with E-state index in [-0.39, 0.29) is 5.41 Å². The zero-order valence-corrected chi connectivity index (χ0v) is 10.5. The van der Waals surface area contributed by atoms with Crippen molar-refractivity contribution in [2.45, 2.75) is 24.7 Å². The Morgan fingerprint density at radius 3 is 2.73 bits per heavy atom. The number of hydrogen-bond acceptors (Lipinski definition) is 2. The molecule has 82 valence electrons. The lowest BCUT2D eigenvalue weighted by atomic mass is 9.91. The molecule has 15 heavy (non-hydrogen) atoms. The van der Waals surface area contributed by atoms with Crippen molar-refractivity contribution in [3.8, 4) is 5.75 Å². The highest BCUT2D eigenvalue weighted by Gasteiger charge is 2.46. The van der Waals surface area contributed by atoms with Gasteiger partial charge in [0.15, 0.2) is 0 Å². The van der Waals surface area contributed by atoms with Gasteiger partial charge in [-0.2, -0.15) is 0 Å². The normalized spacial score (nSPS) is 17.5. The fourth-order valence-corrected chi connectivity index (χ4v) is 3.01. The van der Waals surface area contributed by atoms with E-state index >= 15 is 0 Å². The quantitative estimate of drug-likeness (QED) is 0.913. The fraction of sp³-hybridized carbons (Fsp3) is 0.500. The second-order valence-electron chi connectivity index (χ2n) is 4.14. The Morgan fingerprint density at radius 2 is 2.20 bits per heavy atom. The summed E-state index contributed by atoms with van der Waals surface area (Å²) in [5.74, 6) is 0.982. The minimum atomic E-state index is 0.278. The monoisotopic (exact) mass is 269 g/mol. The minimum absolute atomic E-state index is 0.278. The highest BCUT2D eigenvalue weighted by molar-refractivity contribution is 9.10. The molecular weight excluding hydrogens is 254 g/mol. The molecule has 0 amide bonds. The van der Waals surface area contributed by atoms with Crippen molar-refractivity contribution in [1.29, 1.82) is 0 Å². The average molecular weight is 270 g/mol. The van der Waals surface area contributed by atoms with Crippen LogP contribution in [0, 0.1) is 0 Å². The largest absolute Gasteiger partial charge is 0.496 e. The van der Waals surface area contributed by atoms with Gasteiger partial charge in [0.25, 0.3) is 0 Å². The summed E-state index contributed by atoms with van der Waals surface area (Å²) in [4.78, 5) is 0. The molecule has 0 heterocycles. The molecule has 0 saturated heterocycles. The van der Waals surface area contributed by atoms with Gasteiger partial charge in [0.1, 0.15) is 5.75 Å². The Labute approximate surface area is 98.9 Å². The zero-order valence-electron chi connectivity index (χ0n) is 8.92. The molecule has 1 saturated carbocycles. The maximum atomic E-state index is 5.68. The van der Waals surface area contributed by atoms with Crippen molar-refractivity contribution in [2.75, 3.05) is 13.7 Å². The van der Waals surface area contributed by atoms with Crippen molar-refractivity contribution in [3.05, 3.63) is 28.2 Å². The Hall–Kier alpha value is -0.540. The predicted molar refractivity (Wildman–Crippen MR) is 65.3 cm³/mol. The SMILES string of the molecule is COc1cccc(Br)c1C1(CCN)CC1. The topological polar surface area (TPSA) is 35.2 Å². The first-order valence-electron chi connectivity index (χ1n) is 5.26. The van der Waals surface area contributed by atoms with Crippen LogP contribution in [0.2, 0.25) is 0 Å². The summed E-state index contributed by atoms with van der Waals surface area (Å²) in [6.45, 7) is 0.741. The molecule has 1 fully saturated rings. The molecule has 0 spiro atoms. The Bertz CT molecular complexity index is 361. The molecule has 1 aromatic rings. The van der Waals surface area contributed by atoms with Crippen molar-refractivity contribution in [3.63, 3.8) is 0 Å². The van der Waals surface area contributed by atoms with Crippen molar-refractivity contribution in [2.24, 2.45) is 5.73 Å². The molecule has 3 heteroatoms. The van der Waals surface area contributed by atoms with Crippen LogP contribution in [-0.4, -0.2) is 13.7 Å². The van der Waals surface area contributed by atoms with Crippen molar-refractivity contribution in [1.82, 2.24) is 0 Å². The second-order valence-corrected chi connectivity index (χ2v) is 4.99. The van der Waals surface area contributed by atoms with Crippen LogP contribution in [0.1, 0.15) is 24.8 Å². The van der Waals surface area contributed by atoms with E-state index in [1.54, 1.807) is 7.11 Å². The van der Waals surface area contributed by atoms with Gasteiger partial charge in [0.2, 0.25) is 0 Å². The molecule has 2 nitrogen and oxygen atoms in total. The first-order chi connectivity index (χ1) is 7.23. The summed E-state index contributed by atoms with van der Waals surface area (Å²) >= 11 is 3.61. The number of ether oxygens (including phenoxy) is 1. The minimum Gasteiger partial charge on any atom is -0.496 e. The van der Waals surface area contributed by atoms with E-state index in [1.165, 1.54) is 18.4 Å². The number of rotatable bonds is 4. The third-order valence-corrected chi connectivity index (χ3v) is 3.86. The molecule has 0 unspecified atom stereocenters. The van der Waals surface area contributed by atoms with Crippen LogP contribution in [-0.2, 0) is 5.41 Å². The summed E-state index contributed by atoms with van der Waals surface area (Å²) in [7, 11) is 1.73. The molecule has 2 rings (SSSR count). The standard InChI is InChI=1S/C12H16BrNO/c1-15-10-4-2-3-9(13)11(10)12(5-6-12)7-8-14/h2-4H,5-8,14H2,1H3. The first-order valence-corrected chi connectivity index (χ1v) is 6.06. The Kier molecular flexibility index (Phi) is 3.03. The van der Waals surface area contributed by atoms with Gasteiger partial charge in [-0.1, -0.05) is 22.0 Å². The number of methoxy groups -OCH3 is 1. The molecule has 1 aliphatic carbocycles. The smallest absolute Gasteiger partial charge is 0.123 e. The van der Waals surface area contributed by atoms with Crippen LogP contribution in [0.4, 0.5) is 0 Å². The van der Waals surface area contributed by atoms with Crippen LogP contribution < -0.4 is 10.5 Å². The van der Waals surface area contributed by atoms with Crippen LogP contribution in [0.5, 0.6) is 5.75 Å². The fourth-order valence-electron chi connectivity index (χ4n) is 2.24. The summed E-state index contributed by atoms with van der Waals surface area (Å²) in [6.07, 6.45) is 3.50. The number of benzene rings is 1. The Balaban J connectivity index is 2.42. The third-order valence-electron chi connectivity index (χ3n) is 3.20. The third kappa shape index (κ3) is 1.91. The maximum absolute atomic E-state index is 5.68. The molecular formula is C12H16BrNO. The van der Waals surface area contributed by atoms with Gasteiger partial charge < -0.3 is 10.5 Å². The summed E-state index contributed by atoms with van der Waals surface area (Å²) in [5, 5.41) is 0. The summed E-state index contributed by atoms with van der Waals surface area (Å²) in [5.41, 5.74) is 7.26.